The number of aryl methyl sites for hydroxylation is 1. The molecule has 2 rings (SSSR count). The number of esters is 1. The van der Waals surface area contributed by atoms with Crippen LogP contribution < -0.4 is 0 Å². The molecule has 0 fully saturated rings. The van der Waals surface area contributed by atoms with Gasteiger partial charge in [-0.05, 0) is 48.8 Å². The summed E-state index contributed by atoms with van der Waals surface area (Å²) in [6.45, 7) is 5.29. The van der Waals surface area contributed by atoms with Crippen LogP contribution >= 0.6 is 11.8 Å². The van der Waals surface area contributed by atoms with Crippen molar-refractivity contribution in [2.45, 2.75) is 59.5 Å². The third kappa shape index (κ3) is 19.4. The van der Waals surface area contributed by atoms with E-state index >= 15 is 0 Å². The Bertz CT molecular complexity index is 965. The monoisotopic (exact) mass is 562 g/mol. The van der Waals surface area contributed by atoms with E-state index in [9.17, 15) is 19.2 Å². The molecule has 0 bridgehead atoms. The lowest BCUT2D eigenvalue weighted by molar-refractivity contribution is -0.146. The quantitative estimate of drug-likeness (QED) is 0.236. The normalized spacial score (nSPS) is 12.3. The second kappa shape index (κ2) is 21.6. The van der Waals surface area contributed by atoms with E-state index < -0.39 is 23.8 Å². The average Bonchev–Trinajstić information content (AvgIpc) is 2.93. The highest BCUT2D eigenvalue weighted by atomic mass is 32.2. The van der Waals surface area contributed by atoms with Crippen LogP contribution in [0.4, 0.5) is 0 Å². The Morgan fingerprint density at radius 2 is 1.13 bits per heavy atom. The third-order valence-corrected chi connectivity index (χ3v) is 6.40. The van der Waals surface area contributed by atoms with Crippen LogP contribution in [0, 0.1) is 17.8 Å². The molecule has 0 radical (unpaired) electrons. The largest absolute Gasteiger partial charge is 0.481 e. The summed E-state index contributed by atoms with van der Waals surface area (Å²) in [5.74, 6) is -2.66. The molecule has 39 heavy (non-hydrogen) atoms. The lowest BCUT2D eigenvalue weighted by Crippen LogP contribution is -2.12. The van der Waals surface area contributed by atoms with Crippen molar-refractivity contribution in [2.24, 2.45) is 17.8 Å². The Morgan fingerprint density at radius 1 is 0.692 bits per heavy atom. The van der Waals surface area contributed by atoms with Gasteiger partial charge in [0.25, 0.3) is 0 Å². The predicted octanol–water partition coefficient (Wildman–Crippen LogP) is 6.03. The number of carbonyl (C=O) groups excluding carboxylic acids is 1. The first kappa shape index (κ1) is 35.7. The summed E-state index contributed by atoms with van der Waals surface area (Å²) in [7, 11) is 0. The van der Waals surface area contributed by atoms with Crippen molar-refractivity contribution in [1.82, 2.24) is 0 Å². The molecule has 2 aromatic carbocycles. The minimum atomic E-state index is -0.888. The number of thioether (sulfide) groups is 1. The van der Waals surface area contributed by atoms with Crippen molar-refractivity contribution in [3.8, 4) is 0 Å². The predicted molar refractivity (Wildman–Crippen MR) is 154 cm³/mol. The van der Waals surface area contributed by atoms with Crippen molar-refractivity contribution in [3.05, 3.63) is 71.8 Å². The maximum Gasteiger partial charge on any atom is 0.306 e. The molecule has 0 saturated heterocycles. The van der Waals surface area contributed by atoms with E-state index in [2.05, 4.69) is 0 Å². The number of rotatable bonds is 14. The first-order chi connectivity index (χ1) is 18.5. The van der Waals surface area contributed by atoms with E-state index in [1.807, 2.05) is 66.9 Å². The summed E-state index contributed by atoms with van der Waals surface area (Å²) in [5.41, 5.74) is 2.13. The highest BCUT2D eigenvalue weighted by Gasteiger charge is 2.13. The minimum absolute atomic E-state index is 0.139. The Hall–Kier alpha value is -3.33. The van der Waals surface area contributed by atoms with Crippen LogP contribution in [0.5, 0.6) is 0 Å². The summed E-state index contributed by atoms with van der Waals surface area (Å²) in [6.07, 6.45) is 4.75. The van der Waals surface area contributed by atoms with Crippen molar-refractivity contribution in [2.75, 3.05) is 12.0 Å². The fourth-order valence-corrected chi connectivity index (χ4v) is 3.43. The number of carboxylic acids is 3. The fourth-order valence-electron chi connectivity index (χ4n) is 2.84. The molecule has 0 aromatic heterocycles. The molecule has 0 aliphatic carbocycles. The van der Waals surface area contributed by atoms with Gasteiger partial charge in [0.1, 0.15) is 6.61 Å². The molecule has 0 aliphatic heterocycles. The van der Waals surface area contributed by atoms with Crippen LogP contribution in [0.3, 0.4) is 0 Å². The SMILES string of the molecule is CC(CCC(=O)OCc1ccccc1)C(=O)O.CC(CCc1ccccc1)C(=O)O.CSCCC(C)C(=O)O. The van der Waals surface area contributed by atoms with Gasteiger partial charge < -0.3 is 20.1 Å². The van der Waals surface area contributed by atoms with E-state index in [0.717, 1.165) is 24.2 Å². The average molecular weight is 563 g/mol. The molecule has 3 atom stereocenters. The van der Waals surface area contributed by atoms with E-state index in [0.29, 0.717) is 12.8 Å². The minimum Gasteiger partial charge on any atom is -0.481 e. The van der Waals surface area contributed by atoms with E-state index in [-0.39, 0.29) is 30.8 Å². The van der Waals surface area contributed by atoms with Crippen molar-refractivity contribution in [1.29, 1.82) is 0 Å². The molecule has 0 amide bonds. The van der Waals surface area contributed by atoms with Gasteiger partial charge in [-0.25, -0.2) is 0 Å². The summed E-state index contributed by atoms with van der Waals surface area (Å²) >= 11 is 1.68. The zero-order valence-corrected chi connectivity index (χ0v) is 24.1. The number of hydrogen-bond donors (Lipinski definition) is 3. The van der Waals surface area contributed by atoms with E-state index in [1.54, 1.807) is 32.5 Å². The number of benzene rings is 2. The highest BCUT2D eigenvalue weighted by molar-refractivity contribution is 7.98. The molecule has 8 nitrogen and oxygen atoms in total. The lowest BCUT2D eigenvalue weighted by atomic mass is 10.0. The summed E-state index contributed by atoms with van der Waals surface area (Å²) in [5, 5.41) is 25.7. The van der Waals surface area contributed by atoms with Crippen LogP contribution in [0.1, 0.15) is 57.6 Å². The molecule has 216 valence electrons. The summed E-state index contributed by atoms with van der Waals surface area (Å²) in [4.78, 5) is 42.6. The van der Waals surface area contributed by atoms with Crippen LogP contribution in [-0.4, -0.2) is 51.2 Å². The van der Waals surface area contributed by atoms with Gasteiger partial charge in [0.05, 0.1) is 17.8 Å². The maximum atomic E-state index is 11.3. The standard InChI is InChI=1S/C13H16O4.C11H14O2.C6H12O2S/c1-10(13(15)16)7-8-12(14)17-9-11-5-3-2-4-6-11;1-9(11(12)13)7-8-10-5-3-2-4-6-10;1-5(6(7)8)3-4-9-2/h2-6,10H,7-9H2,1H3,(H,15,16);2-6,9H,7-8H2,1H3,(H,12,13);5H,3-4H2,1-2H3,(H,7,8). The van der Waals surface area contributed by atoms with E-state index in [1.165, 1.54) is 5.56 Å². The molecule has 0 heterocycles. The van der Waals surface area contributed by atoms with Gasteiger partial charge >= 0.3 is 23.9 Å². The zero-order chi connectivity index (χ0) is 29.6. The summed E-state index contributed by atoms with van der Waals surface area (Å²) in [6, 6.07) is 19.3. The van der Waals surface area contributed by atoms with Crippen LogP contribution in [0.25, 0.3) is 0 Å². The Kier molecular flexibility index (Phi) is 19.7. The summed E-state index contributed by atoms with van der Waals surface area (Å²) < 4.78 is 5.03. The number of carbonyl (C=O) groups is 4. The molecule has 2 aromatic rings. The lowest BCUT2D eigenvalue weighted by Gasteiger charge is -2.06. The van der Waals surface area contributed by atoms with Gasteiger partial charge in [-0.2, -0.15) is 11.8 Å². The zero-order valence-electron chi connectivity index (χ0n) is 23.2. The van der Waals surface area contributed by atoms with Crippen LogP contribution in [0.2, 0.25) is 0 Å². The third-order valence-electron chi connectivity index (χ3n) is 5.75. The molecular weight excluding hydrogens is 520 g/mol. The molecule has 3 unspecified atom stereocenters. The highest BCUT2D eigenvalue weighted by Crippen LogP contribution is 2.10. The number of ether oxygens (including phenoxy) is 1. The van der Waals surface area contributed by atoms with Gasteiger partial charge in [-0.3, -0.25) is 19.2 Å². The van der Waals surface area contributed by atoms with Gasteiger partial charge in [0, 0.05) is 6.42 Å². The molecular formula is C30H42O8S. The van der Waals surface area contributed by atoms with Gasteiger partial charge in [0.2, 0.25) is 0 Å². The first-order valence-electron chi connectivity index (χ1n) is 12.9. The molecule has 0 saturated carbocycles. The topological polar surface area (TPSA) is 138 Å². The smallest absolute Gasteiger partial charge is 0.306 e. The number of hydrogen-bond acceptors (Lipinski definition) is 6. The first-order valence-corrected chi connectivity index (χ1v) is 14.3. The Labute approximate surface area is 235 Å². The van der Waals surface area contributed by atoms with Crippen LogP contribution in [0.15, 0.2) is 60.7 Å². The van der Waals surface area contributed by atoms with Gasteiger partial charge in [-0.1, -0.05) is 81.4 Å². The van der Waals surface area contributed by atoms with Gasteiger partial charge in [0.15, 0.2) is 0 Å². The van der Waals surface area contributed by atoms with Crippen molar-refractivity contribution >= 4 is 35.6 Å². The number of carboxylic acid groups (broad SMARTS) is 3. The molecule has 0 spiro atoms. The fraction of sp³-hybridized carbons (Fsp3) is 0.467. The Morgan fingerprint density at radius 3 is 1.59 bits per heavy atom. The van der Waals surface area contributed by atoms with E-state index in [4.69, 9.17) is 20.1 Å². The molecule has 3 N–H and O–H groups in total. The molecule has 0 aliphatic rings. The molecule has 9 heteroatoms. The number of aliphatic carboxylic acids is 3. The van der Waals surface area contributed by atoms with Crippen molar-refractivity contribution < 1.29 is 39.2 Å². The van der Waals surface area contributed by atoms with Crippen LogP contribution in [-0.2, 0) is 36.9 Å². The van der Waals surface area contributed by atoms with Gasteiger partial charge in [-0.15, -0.1) is 0 Å². The second-order valence-electron chi connectivity index (χ2n) is 9.21. The van der Waals surface area contributed by atoms with Crippen molar-refractivity contribution in [3.63, 3.8) is 0 Å². The second-order valence-corrected chi connectivity index (χ2v) is 10.2. The maximum absolute atomic E-state index is 11.3. The Balaban J connectivity index is 0.000000585.